The predicted octanol–water partition coefficient (Wildman–Crippen LogP) is 3.18. The van der Waals surface area contributed by atoms with Crippen LogP contribution in [0.2, 0.25) is 0 Å². The van der Waals surface area contributed by atoms with Gasteiger partial charge in [-0.3, -0.25) is 0 Å². The maximum atomic E-state index is 13.8. The third-order valence-corrected chi connectivity index (χ3v) is 6.64. The molecular weight excluding hydrogens is 295 g/mol. The van der Waals surface area contributed by atoms with Crippen molar-refractivity contribution in [3.63, 3.8) is 0 Å². The van der Waals surface area contributed by atoms with E-state index in [0.29, 0.717) is 18.8 Å². The molecule has 116 valence electrons. The van der Waals surface area contributed by atoms with Crippen molar-refractivity contribution in [3.05, 3.63) is 29.1 Å². The Balaban J connectivity index is 2.47. The van der Waals surface area contributed by atoms with Crippen LogP contribution in [0, 0.1) is 18.7 Å². The number of hydrogen-bond acceptors (Lipinski definition) is 3. The minimum atomic E-state index is -3.70. The lowest BCUT2D eigenvalue weighted by Gasteiger charge is -2.26. The van der Waals surface area contributed by atoms with Crippen LogP contribution in [0.5, 0.6) is 0 Å². The minimum Gasteiger partial charge on any atom is -0.478 e. The van der Waals surface area contributed by atoms with E-state index in [0.717, 1.165) is 25.0 Å². The monoisotopic (exact) mass is 314 g/mol. The molecule has 1 aliphatic rings. The molecule has 2 rings (SSSR count). The van der Waals surface area contributed by atoms with Crippen molar-refractivity contribution < 1.29 is 22.7 Å². The molecule has 1 saturated carbocycles. The zero-order chi connectivity index (χ0) is 15.8. The lowest BCUT2D eigenvalue weighted by atomic mass is 9.91. The Kier molecular flexibility index (Phi) is 4.37. The van der Waals surface area contributed by atoms with Gasteiger partial charge in [0.25, 0.3) is 0 Å². The molecular formula is C15H19FO4S. The van der Waals surface area contributed by atoms with Gasteiger partial charge < -0.3 is 5.11 Å². The van der Waals surface area contributed by atoms with Gasteiger partial charge in [0, 0.05) is 5.56 Å². The number of benzene rings is 1. The Hall–Kier alpha value is -1.43. The summed E-state index contributed by atoms with van der Waals surface area (Å²) in [5.41, 5.74) is -0.334. The number of carboxylic acid groups (broad SMARTS) is 1. The molecule has 0 aromatic heterocycles. The van der Waals surface area contributed by atoms with Crippen molar-refractivity contribution in [2.24, 2.45) is 5.92 Å². The molecule has 0 aliphatic heterocycles. The molecule has 1 aromatic carbocycles. The molecule has 4 nitrogen and oxygen atoms in total. The van der Waals surface area contributed by atoms with E-state index in [9.17, 15) is 17.6 Å². The van der Waals surface area contributed by atoms with E-state index in [1.165, 1.54) is 6.92 Å². The highest BCUT2D eigenvalue weighted by molar-refractivity contribution is 7.92. The fourth-order valence-corrected chi connectivity index (χ4v) is 4.86. The third-order valence-electron chi connectivity index (χ3n) is 4.25. The molecule has 0 radical (unpaired) electrons. The Morgan fingerprint density at radius 3 is 2.33 bits per heavy atom. The average Bonchev–Trinajstić information content (AvgIpc) is 2.41. The van der Waals surface area contributed by atoms with Crippen molar-refractivity contribution in [2.45, 2.75) is 49.7 Å². The van der Waals surface area contributed by atoms with Crippen LogP contribution in [0.1, 0.15) is 48.5 Å². The molecule has 0 heterocycles. The maximum absolute atomic E-state index is 13.8. The second-order valence-electron chi connectivity index (χ2n) is 5.81. The van der Waals surface area contributed by atoms with Crippen molar-refractivity contribution in [3.8, 4) is 0 Å². The first-order valence-corrected chi connectivity index (χ1v) is 8.55. The SMILES string of the molecule is Cc1c(F)cc(C(=O)O)cc1S(=O)(=O)C1CCC(C)CC1. The van der Waals surface area contributed by atoms with Crippen LogP contribution in [0.15, 0.2) is 17.0 Å². The van der Waals surface area contributed by atoms with Gasteiger partial charge in [0.1, 0.15) is 5.82 Å². The van der Waals surface area contributed by atoms with Gasteiger partial charge in [0.15, 0.2) is 9.84 Å². The molecule has 0 unspecified atom stereocenters. The van der Waals surface area contributed by atoms with E-state index < -0.39 is 26.9 Å². The Bertz CT molecular complexity index is 658. The highest BCUT2D eigenvalue weighted by Gasteiger charge is 2.33. The Labute approximate surface area is 123 Å². The van der Waals surface area contributed by atoms with Crippen LogP contribution in [-0.2, 0) is 9.84 Å². The van der Waals surface area contributed by atoms with Gasteiger partial charge >= 0.3 is 5.97 Å². The summed E-state index contributed by atoms with van der Waals surface area (Å²) >= 11 is 0. The summed E-state index contributed by atoms with van der Waals surface area (Å²) in [6, 6.07) is 1.94. The molecule has 21 heavy (non-hydrogen) atoms. The predicted molar refractivity (Wildman–Crippen MR) is 76.7 cm³/mol. The van der Waals surface area contributed by atoms with Crippen molar-refractivity contribution in [1.29, 1.82) is 0 Å². The Morgan fingerprint density at radius 2 is 1.81 bits per heavy atom. The van der Waals surface area contributed by atoms with Crippen LogP contribution >= 0.6 is 0 Å². The van der Waals surface area contributed by atoms with Crippen LogP contribution in [0.3, 0.4) is 0 Å². The number of rotatable bonds is 3. The molecule has 0 bridgehead atoms. The summed E-state index contributed by atoms with van der Waals surface area (Å²) in [6.45, 7) is 3.46. The number of carboxylic acids is 1. The number of aromatic carboxylic acids is 1. The first kappa shape index (κ1) is 15.9. The molecule has 0 atom stereocenters. The van der Waals surface area contributed by atoms with Crippen LogP contribution < -0.4 is 0 Å². The van der Waals surface area contributed by atoms with Gasteiger partial charge in [-0.25, -0.2) is 17.6 Å². The van der Waals surface area contributed by atoms with E-state index in [4.69, 9.17) is 5.11 Å². The highest BCUT2D eigenvalue weighted by atomic mass is 32.2. The normalized spacial score (nSPS) is 23.0. The highest BCUT2D eigenvalue weighted by Crippen LogP contribution is 2.33. The first-order chi connectivity index (χ1) is 9.73. The van der Waals surface area contributed by atoms with Gasteiger partial charge in [-0.2, -0.15) is 0 Å². The summed E-state index contributed by atoms with van der Waals surface area (Å²) in [7, 11) is -3.70. The summed E-state index contributed by atoms with van der Waals surface area (Å²) in [6.07, 6.45) is 2.73. The first-order valence-electron chi connectivity index (χ1n) is 7.00. The van der Waals surface area contributed by atoms with Gasteiger partial charge in [-0.05, 0) is 50.7 Å². The molecule has 0 spiro atoms. The fraction of sp³-hybridized carbons (Fsp3) is 0.533. The molecule has 0 amide bonds. The zero-order valence-electron chi connectivity index (χ0n) is 12.1. The molecule has 0 saturated heterocycles. The standard InChI is InChI=1S/C15H19FO4S/c1-9-3-5-12(6-4-9)21(19,20)14-8-11(15(17)18)7-13(16)10(14)2/h7-9,12H,3-6H2,1-2H3,(H,17,18). The third kappa shape index (κ3) is 3.10. The topological polar surface area (TPSA) is 71.4 Å². The zero-order valence-corrected chi connectivity index (χ0v) is 12.9. The number of sulfone groups is 1. The quantitative estimate of drug-likeness (QED) is 0.930. The lowest BCUT2D eigenvalue weighted by molar-refractivity contribution is 0.0696. The van der Waals surface area contributed by atoms with E-state index >= 15 is 0 Å². The second-order valence-corrected chi connectivity index (χ2v) is 8.01. The van der Waals surface area contributed by atoms with Crippen molar-refractivity contribution in [2.75, 3.05) is 0 Å². The fourth-order valence-electron chi connectivity index (χ4n) is 2.79. The smallest absolute Gasteiger partial charge is 0.335 e. The van der Waals surface area contributed by atoms with Gasteiger partial charge in [0.2, 0.25) is 0 Å². The average molecular weight is 314 g/mol. The van der Waals surface area contributed by atoms with E-state index in [1.54, 1.807) is 0 Å². The Morgan fingerprint density at radius 1 is 1.24 bits per heavy atom. The summed E-state index contributed by atoms with van der Waals surface area (Å²) in [5, 5.41) is 8.43. The molecule has 6 heteroatoms. The van der Waals surface area contributed by atoms with Gasteiger partial charge in [-0.1, -0.05) is 6.92 Å². The van der Waals surface area contributed by atoms with E-state index in [2.05, 4.69) is 6.92 Å². The minimum absolute atomic E-state index is 0.00128. The largest absolute Gasteiger partial charge is 0.478 e. The molecule has 1 N–H and O–H groups in total. The van der Waals surface area contributed by atoms with Crippen LogP contribution in [-0.4, -0.2) is 24.7 Å². The molecule has 1 fully saturated rings. The lowest BCUT2D eigenvalue weighted by Crippen LogP contribution is -2.27. The number of hydrogen-bond donors (Lipinski definition) is 1. The maximum Gasteiger partial charge on any atom is 0.335 e. The summed E-state index contributed by atoms with van der Waals surface area (Å²) < 4.78 is 39.2. The molecule has 1 aliphatic carbocycles. The van der Waals surface area contributed by atoms with E-state index in [1.807, 2.05) is 0 Å². The molecule has 1 aromatic rings. The summed E-state index contributed by atoms with van der Waals surface area (Å²) in [5.74, 6) is -1.63. The van der Waals surface area contributed by atoms with Crippen molar-refractivity contribution >= 4 is 15.8 Å². The van der Waals surface area contributed by atoms with Gasteiger partial charge in [0.05, 0.1) is 15.7 Å². The van der Waals surface area contributed by atoms with Crippen LogP contribution in [0.25, 0.3) is 0 Å². The number of carbonyl (C=O) groups is 1. The van der Waals surface area contributed by atoms with Gasteiger partial charge in [-0.15, -0.1) is 0 Å². The van der Waals surface area contributed by atoms with Crippen LogP contribution in [0.4, 0.5) is 4.39 Å². The summed E-state index contributed by atoms with van der Waals surface area (Å²) in [4.78, 5) is 10.8. The van der Waals surface area contributed by atoms with Crippen molar-refractivity contribution in [1.82, 2.24) is 0 Å². The second kappa shape index (κ2) is 5.75. The number of halogens is 1. The van der Waals surface area contributed by atoms with E-state index in [-0.39, 0.29) is 16.0 Å².